The molecule has 31 heavy (non-hydrogen) atoms. The number of rotatable bonds is 8. The average molecular weight is 428 g/mol. The highest BCUT2D eigenvalue weighted by Gasteiger charge is 2.21. The van der Waals surface area contributed by atoms with Crippen LogP contribution in [0.25, 0.3) is 0 Å². The lowest BCUT2D eigenvalue weighted by molar-refractivity contribution is 0.163. The molecular formula is C24H37N5O2. The molecule has 170 valence electrons. The van der Waals surface area contributed by atoms with Gasteiger partial charge in [0.1, 0.15) is 18.1 Å². The molecular weight excluding hydrogens is 390 g/mol. The quantitative estimate of drug-likeness (QED) is 0.515. The third-order valence-corrected chi connectivity index (χ3v) is 5.98. The second kappa shape index (κ2) is 11.2. The Morgan fingerprint density at radius 2 is 1.94 bits per heavy atom. The Balaban J connectivity index is 1.35. The van der Waals surface area contributed by atoms with Crippen LogP contribution in [0.2, 0.25) is 0 Å². The van der Waals surface area contributed by atoms with Crippen LogP contribution >= 0.6 is 0 Å². The summed E-state index contributed by atoms with van der Waals surface area (Å²) < 4.78 is 11.6. The Labute approximate surface area is 186 Å². The molecule has 0 atom stereocenters. The van der Waals surface area contributed by atoms with Crippen molar-refractivity contribution in [3.05, 3.63) is 47.2 Å². The number of aryl methyl sites for hydroxylation is 3. The third-order valence-electron chi connectivity index (χ3n) is 5.98. The second-order valence-corrected chi connectivity index (χ2v) is 8.48. The van der Waals surface area contributed by atoms with Gasteiger partial charge in [-0.3, -0.25) is 9.89 Å². The largest absolute Gasteiger partial charge is 0.492 e. The molecule has 1 aromatic carbocycles. The molecule has 0 saturated carbocycles. The fourth-order valence-electron chi connectivity index (χ4n) is 3.81. The van der Waals surface area contributed by atoms with Gasteiger partial charge in [-0.25, -0.2) is 4.98 Å². The van der Waals surface area contributed by atoms with Crippen molar-refractivity contribution in [3.63, 3.8) is 0 Å². The van der Waals surface area contributed by atoms with Gasteiger partial charge in [0.15, 0.2) is 5.96 Å². The van der Waals surface area contributed by atoms with Gasteiger partial charge in [0, 0.05) is 20.6 Å². The lowest BCUT2D eigenvalue weighted by Gasteiger charge is -2.32. The van der Waals surface area contributed by atoms with Crippen molar-refractivity contribution in [2.45, 2.75) is 40.2 Å². The average Bonchev–Trinajstić information content (AvgIpc) is 3.08. The van der Waals surface area contributed by atoms with Crippen LogP contribution in [0.15, 0.2) is 33.7 Å². The molecule has 0 amide bonds. The summed E-state index contributed by atoms with van der Waals surface area (Å²) in [5.74, 6) is 4.23. The second-order valence-electron chi connectivity index (χ2n) is 8.48. The molecule has 1 aliphatic heterocycles. The number of hydrogen-bond donors (Lipinski definition) is 1. The number of hydrogen-bond acceptors (Lipinski definition) is 5. The molecule has 3 rings (SSSR count). The Morgan fingerprint density at radius 1 is 1.23 bits per heavy atom. The summed E-state index contributed by atoms with van der Waals surface area (Å²) >= 11 is 0. The number of likely N-dealkylation sites (tertiary alicyclic amines) is 1. The van der Waals surface area contributed by atoms with Crippen molar-refractivity contribution in [1.29, 1.82) is 0 Å². The van der Waals surface area contributed by atoms with Gasteiger partial charge in [-0.2, -0.15) is 0 Å². The maximum absolute atomic E-state index is 5.85. The van der Waals surface area contributed by atoms with E-state index in [1.807, 2.05) is 33.0 Å². The Morgan fingerprint density at radius 3 is 2.55 bits per heavy atom. The van der Waals surface area contributed by atoms with E-state index < -0.39 is 0 Å². The van der Waals surface area contributed by atoms with Crippen LogP contribution in [-0.4, -0.2) is 67.6 Å². The van der Waals surface area contributed by atoms with E-state index in [-0.39, 0.29) is 0 Å². The van der Waals surface area contributed by atoms with E-state index in [1.54, 1.807) is 0 Å². The first-order valence-electron chi connectivity index (χ1n) is 11.2. The molecule has 0 spiro atoms. The number of guanidine groups is 1. The summed E-state index contributed by atoms with van der Waals surface area (Å²) in [6.45, 7) is 11.4. The maximum atomic E-state index is 5.85. The van der Waals surface area contributed by atoms with Crippen molar-refractivity contribution in [1.82, 2.24) is 20.1 Å². The Kier molecular flexibility index (Phi) is 8.35. The molecule has 1 fully saturated rings. The number of nitrogens with one attached hydrogen (secondary N) is 1. The number of likely N-dealkylation sites (N-methyl/N-ethyl adjacent to an activating group) is 1. The molecule has 1 N–H and O–H groups in total. The SMILES string of the molecule is CN=C(NCC1CCN(Cc2nc(C)c(C)o2)CC1)N(C)CCOc1ccc(C)cc1. The summed E-state index contributed by atoms with van der Waals surface area (Å²) in [5.41, 5.74) is 2.23. The van der Waals surface area contributed by atoms with Crippen molar-refractivity contribution in [2.75, 3.05) is 46.9 Å². The van der Waals surface area contributed by atoms with E-state index in [9.17, 15) is 0 Å². The highest BCUT2D eigenvalue weighted by molar-refractivity contribution is 5.79. The van der Waals surface area contributed by atoms with Gasteiger partial charge in [0.25, 0.3) is 0 Å². The molecule has 0 radical (unpaired) electrons. The van der Waals surface area contributed by atoms with Crippen LogP contribution in [0.5, 0.6) is 5.75 Å². The van der Waals surface area contributed by atoms with Crippen LogP contribution in [-0.2, 0) is 6.54 Å². The molecule has 2 aromatic rings. The summed E-state index contributed by atoms with van der Waals surface area (Å²) in [5, 5.41) is 3.54. The first-order chi connectivity index (χ1) is 14.9. The molecule has 0 aliphatic carbocycles. The van der Waals surface area contributed by atoms with Crippen LogP contribution < -0.4 is 10.1 Å². The summed E-state index contributed by atoms with van der Waals surface area (Å²) in [4.78, 5) is 13.5. The lowest BCUT2D eigenvalue weighted by Crippen LogP contribution is -2.44. The van der Waals surface area contributed by atoms with Crippen molar-refractivity contribution < 1.29 is 9.15 Å². The highest BCUT2D eigenvalue weighted by atomic mass is 16.5. The predicted octanol–water partition coefficient (Wildman–Crippen LogP) is 3.40. The minimum atomic E-state index is 0.623. The maximum Gasteiger partial charge on any atom is 0.208 e. The van der Waals surface area contributed by atoms with Gasteiger partial charge >= 0.3 is 0 Å². The first-order valence-corrected chi connectivity index (χ1v) is 11.2. The zero-order valence-corrected chi connectivity index (χ0v) is 19.6. The molecule has 0 unspecified atom stereocenters. The van der Waals surface area contributed by atoms with E-state index in [0.29, 0.717) is 12.5 Å². The number of nitrogens with zero attached hydrogens (tertiary/aromatic N) is 4. The zero-order chi connectivity index (χ0) is 22.2. The van der Waals surface area contributed by atoms with Crippen molar-refractivity contribution in [2.24, 2.45) is 10.9 Å². The summed E-state index contributed by atoms with van der Waals surface area (Å²) in [6, 6.07) is 8.16. The van der Waals surface area contributed by atoms with E-state index >= 15 is 0 Å². The number of aromatic nitrogens is 1. The molecule has 7 nitrogen and oxygen atoms in total. The summed E-state index contributed by atoms with van der Waals surface area (Å²) in [6.07, 6.45) is 2.34. The van der Waals surface area contributed by atoms with Gasteiger partial charge in [-0.1, -0.05) is 17.7 Å². The van der Waals surface area contributed by atoms with Gasteiger partial charge in [-0.15, -0.1) is 0 Å². The topological polar surface area (TPSA) is 66.1 Å². The van der Waals surface area contributed by atoms with Crippen LogP contribution in [0, 0.1) is 26.7 Å². The predicted molar refractivity (Wildman–Crippen MR) is 125 cm³/mol. The number of aliphatic imine (C=N–C) groups is 1. The molecule has 0 bridgehead atoms. The lowest BCUT2D eigenvalue weighted by atomic mass is 9.97. The van der Waals surface area contributed by atoms with Crippen LogP contribution in [0.4, 0.5) is 0 Å². The fraction of sp³-hybridized carbons (Fsp3) is 0.583. The zero-order valence-electron chi connectivity index (χ0n) is 19.6. The van der Waals surface area contributed by atoms with Crippen LogP contribution in [0.3, 0.4) is 0 Å². The molecule has 1 aromatic heterocycles. The smallest absolute Gasteiger partial charge is 0.208 e. The highest BCUT2D eigenvalue weighted by Crippen LogP contribution is 2.19. The molecule has 1 aliphatic rings. The van der Waals surface area contributed by atoms with E-state index in [4.69, 9.17) is 9.15 Å². The minimum Gasteiger partial charge on any atom is -0.492 e. The monoisotopic (exact) mass is 427 g/mol. The fourth-order valence-corrected chi connectivity index (χ4v) is 3.81. The van der Waals surface area contributed by atoms with Crippen molar-refractivity contribution >= 4 is 5.96 Å². The van der Waals surface area contributed by atoms with Crippen molar-refractivity contribution in [3.8, 4) is 5.75 Å². The van der Waals surface area contributed by atoms with Gasteiger partial charge in [0.05, 0.1) is 18.8 Å². The Bertz CT molecular complexity index is 819. The number of benzene rings is 1. The summed E-state index contributed by atoms with van der Waals surface area (Å²) in [7, 11) is 3.89. The van der Waals surface area contributed by atoms with Crippen LogP contribution in [0.1, 0.15) is 35.7 Å². The minimum absolute atomic E-state index is 0.623. The number of ether oxygens (including phenoxy) is 1. The Hall–Kier alpha value is -2.54. The molecule has 2 heterocycles. The third kappa shape index (κ3) is 6.99. The molecule has 7 heteroatoms. The number of oxazole rings is 1. The van der Waals surface area contributed by atoms with Gasteiger partial charge in [-0.05, 0) is 64.8 Å². The van der Waals surface area contributed by atoms with E-state index in [2.05, 4.69) is 51.2 Å². The van der Waals surface area contributed by atoms with Gasteiger partial charge in [0.2, 0.25) is 5.89 Å². The normalized spacial score (nSPS) is 15.8. The van der Waals surface area contributed by atoms with Gasteiger partial charge < -0.3 is 19.4 Å². The van der Waals surface area contributed by atoms with E-state index in [0.717, 1.165) is 61.8 Å². The molecule has 1 saturated heterocycles. The van der Waals surface area contributed by atoms with E-state index in [1.165, 1.54) is 18.4 Å². The number of piperidine rings is 1. The first kappa shape index (κ1) is 23.1. The standard InChI is InChI=1S/C24H37N5O2/c1-18-6-8-22(9-7-18)30-15-14-28(5)24(25-4)26-16-21-10-12-29(13-11-21)17-23-27-19(2)20(3)31-23/h6-9,21H,10-17H2,1-5H3,(H,25,26).